The molecule has 0 unspecified atom stereocenters. The quantitative estimate of drug-likeness (QED) is 0.621. The fourth-order valence-electron chi connectivity index (χ4n) is 1.34. The van der Waals surface area contributed by atoms with E-state index in [1.165, 1.54) is 40.8 Å². The molecule has 0 fully saturated rings. The van der Waals surface area contributed by atoms with E-state index in [1.54, 1.807) is 0 Å². The number of thiocarbonyl (C=S) groups is 1. The van der Waals surface area contributed by atoms with Crippen LogP contribution in [0.15, 0.2) is 17.4 Å². The monoisotopic (exact) mass is 352 g/mol. The van der Waals surface area contributed by atoms with Gasteiger partial charge in [-0.15, -0.1) is 0 Å². The van der Waals surface area contributed by atoms with E-state index in [4.69, 9.17) is 24.7 Å². The number of isothiocyanates is 1. The van der Waals surface area contributed by atoms with Gasteiger partial charge in [0.15, 0.2) is 5.69 Å². The van der Waals surface area contributed by atoms with Crippen LogP contribution < -0.4 is 24.7 Å². The summed E-state index contributed by atoms with van der Waals surface area (Å²) in [6.07, 6.45) is 2.88. The van der Waals surface area contributed by atoms with Gasteiger partial charge < -0.3 is 24.7 Å². The smallest absolute Gasteiger partial charge is 0.319 e. The van der Waals surface area contributed by atoms with Crippen molar-refractivity contribution in [2.24, 2.45) is 4.99 Å². The van der Waals surface area contributed by atoms with Crippen LogP contribution in [-0.2, 0) is 0 Å². The molecule has 2 aromatic heterocycles. The van der Waals surface area contributed by atoms with Crippen LogP contribution in [0, 0.1) is 0 Å². The van der Waals surface area contributed by atoms with Crippen molar-refractivity contribution in [3.05, 3.63) is 12.4 Å². The number of aromatic nitrogens is 4. The second-order valence-electron chi connectivity index (χ2n) is 3.78. The molecular formula is C13H16N6O4S. The van der Waals surface area contributed by atoms with Crippen LogP contribution in [-0.4, -0.2) is 53.5 Å². The number of nitrogens with zero attached hydrogens (tertiary/aromatic N) is 5. The maximum absolute atomic E-state index is 5.45. The number of nitrogens with two attached hydrogens (primary N) is 1. The topological polar surface area (TPSA) is 127 Å². The van der Waals surface area contributed by atoms with Gasteiger partial charge in [-0.1, -0.05) is 0 Å². The van der Waals surface area contributed by atoms with Gasteiger partial charge in [-0.05, 0) is 12.2 Å². The van der Waals surface area contributed by atoms with Gasteiger partial charge in [-0.3, -0.25) is 0 Å². The summed E-state index contributed by atoms with van der Waals surface area (Å²) in [6.45, 7) is 0. The van der Waals surface area contributed by atoms with E-state index in [0.717, 1.165) is 0 Å². The lowest BCUT2D eigenvalue weighted by atomic mass is 10.5. The van der Waals surface area contributed by atoms with Crippen LogP contribution in [0.4, 0.5) is 11.4 Å². The first-order valence-corrected chi connectivity index (χ1v) is 6.73. The van der Waals surface area contributed by atoms with Gasteiger partial charge in [0.05, 0.1) is 46.0 Å². The number of anilines is 1. The third-order valence-electron chi connectivity index (χ3n) is 2.39. The van der Waals surface area contributed by atoms with Crippen LogP contribution >= 0.6 is 12.2 Å². The molecule has 11 heteroatoms. The number of methoxy groups -OCH3 is 4. The van der Waals surface area contributed by atoms with Gasteiger partial charge in [-0.25, -0.2) is 9.97 Å². The summed E-state index contributed by atoms with van der Waals surface area (Å²) in [7, 11) is 5.91. The highest BCUT2D eigenvalue weighted by Gasteiger charge is 2.06. The first-order valence-electron chi connectivity index (χ1n) is 6.32. The minimum atomic E-state index is 0.222. The lowest BCUT2D eigenvalue weighted by Gasteiger charge is -2.02. The third kappa shape index (κ3) is 5.30. The lowest BCUT2D eigenvalue weighted by Crippen LogP contribution is -1.99. The Kier molecular flexibility index (Phi) is 7.82. The van der Waals surface area contributed by atoms with Crippen molar-refractivity contribution in [1.29, 1.82) is 0 Å². The first kappa shape index (κ1) is 19.0. The molecule has 0 amide bonds. The average Bonchev–Trinajstić information content (AvgIpc) is 2.63. The van der Waals surface area contributed by atoms with Crippen molar-refractivity contribution in [2.45, 2.75) is 0 Å². The van der Waals surface area contributed by atoms with E-state index in [1.807, 2.05) is 0 Å². The maximum Gasteiger partial charge on any atom is 0.319 e. The van der Waals surface area contributed by atoms with Crippen LogP contribution in [0.2, 0.25) is 0 Å². The molecule has 128 valence electrons. The Morgan fingerprint density at radius 3 is 1.96 bits per heavy atom. The molecule has 2 heterocycles. The fourth-order valence-corrected chi connectivity index (χ4v) is 1.44. The standard InChI is InChI=1S/C7H7N3O2S.C6H9N3O2/c1-11-6-5(9-4-13)3-8-7(10-6)12-2;1-10-5-4(7)3-8-6(9-5)11-2/h3H,1-2H3;3H,7H2,1-2H3. The summed E-state index contributed by atoms with van der Waals surface area (Å²) < 4.78 is 19.3. The second-order valence-corrected chi connectivity index (χ2v) is 3.96. The third-order valence-corrected chi connectivity index (χ3v) is 2.48. The highest BCUT2D eigenvalue weighted by Crippen LogP contribution is 2.24. The second kappa shape index (κ2) is 9.87. The van der Waals surface area contributed by atoms with Crippen molar-refractivity contribution in [3.63, 3.8) is 0 Å². The molecule has 2 aromatic rings. The molecule has 0 saturated heterocycles. The minimum Gasteiger partial charge on any atom is -0.479 e. The minimum absolute atomic E-state index is 0.222. The largest absolute Gasteiger partial charge is 0.479 e. The summed E-state index contributed by atoms with van der Waals surface area (Å²) in [5.41, 5.74) is 6.27. The summed E-state index contributed by atoms with van der Waals surface area (Å²) in [5.74, 6) is 0.640. The SMILES string of the molecule is COc1ncc(N)c(OC)n1.COc1ncc(N=C=S)c(OC)n1. The van der Waals surface area contributed by atoms with Crippen LogP contribution in [0.5, 0.6) is 23.8 Å². The molecule has 0 bridgehead atoms. The molecular weight excluding hydrogens is 336 g/mol. The van der Waals surface area contributed by atoms with Crippen molar-refractivity contribution < 1.29 is 18.9 Å². The Hall–Kier alpha value is -3.04. The Morgan fingerprint density at radius 2 is 1.46 bits per heavy atom. The van der Waals surface area contributed by atoms with Crippen molar-refractivity contribution in [3.8, 4) is 23.8 Å². The molecule has 0 saturated carbocycles. The van der Waals surface area contributed by atoms with E-state index >= 15 is 0 Å². The molecule has 0 radical (unpaired) electrons. The van der Waals surface area contributed by atoms with Gasteiger partial charge in [-0.2, -0.15) is 15.0 Å². The van der Waals surface area contributed by atoms with Gasteiger partial charge in [0.25, 0.3) is 0 Å². The van der Waals surface area contributed by atoms with E-state index in [-0.39, 0.29) is 12.0 Å². The Labute approximate surface area is 143 Å². The molecule has 0 aliphatic carbocycles. The Morgan fingerprint density at radius 1 is 0.917 bits per heavy atom. The van der Waals surface area contributed by atoms with E-state index in [2.05, 4.69) is 42.3 Å². The number of hydrogen-bond acceptors (Lipinski definition) is 11. The normalized spacial score (nSPS) is 9.00. The highest BCUT2D eigenvalue weighted by molar-refractivity contribution is 7.78. The van der Waals surface area contributed by atoms with Crippen LogP contribution in [0.1, 0.15) is 0 Å². The van der Waals surface area contributed by atoms with Crippen molar-refractivity contribution in [1.82, 2.24) is 19.9 Å². The van der Waals surface area contributed by atoms with Gasteiger partial charge in [0.1, 0.15) is 5.69 Å². The highest BCUT2D eigenvalue weighted by atomic mass is 32.1. The molecule has 2 rings (SSSR count). The van der Waals surface area contributed by atoms with Gasteiger partial charge >= 0.3 is 12.0 Å². The van der Waals surface area contributed by atoms with Crippen molar-refractivity contribution in [2.75, 3.05) is 34.2 Å². The average molecular weight is 352 g/mol. The zero-order chi connectivity index (χ0) is 17.9. The first-order chi connectivity index (χ1) is 11.6. The number of hydrogen-bond donors (Lipinski definition) is 1. The van der Waals surface area contributed by atoms with Gasteiger partial charge in [0, 0.05) is 0 Å². The molecule has 0 aliphatic heterocycles. The van der Waals surface area contributed by atoms with E-state index < -0.39 is 0 Å². The summed E-state index contributed by atoms with van der Waals surface area (Å²) in [4.78, 5) is 19.0. The number of nitrogen functional groups attached to an aromatic ring is 1. The molecule has 2 N–H and O–H groups in total. The number of rotatable bonds is 5. The van der Waals surface area contributed by atoms with Gasteiger partial charge in [0.2, 0.25) is 11.8 Å². The predicted octanol–water partition coefficient (Wildman–Crippen LogP) is 1.30. The molecule has 24 heavy (non-hydrogen) atoms. The van der Waals surface area contributed by atoms with E-state index in [0.29, 0.717) is 23.1 Å². The number of aliphatic imine (C=N–C) groups is 1. The summed E-state index contributed by atoms with van der Waals surface area (Å²) in [5, 5.41) is 2.20. The molecule has 0 spiro atoms. The van der Waals surface area contributed by atoms with Crippen LogP contribution in [0.25, 0.3) is 0 Å². The Balaban J connectivity index is 0.000000243. The fraction of sp³-hybridized carbons (Fsp3) is 0.308. The predicted molar refractivity (Wildman–Crippen MR) is 89.4 cm³/mol. The lowest BCUT2D eigenvalue weighted by molar-refractivity contribution is 0.353. The number of ether oxygens (including phenoxy) is 4. The molecule has 10 nitrogen and oxygen atoms in total. The zero-order valence-corrected chi connectivity index (χ0v) is 14.3. The zero-order valence-electron chi connectivity index (χ0n) is 13.5. The maximum atomic E-state index is 5.45. The van der Waals surface area contributed by atoms with Crippen molar-refractivity contribution >= 4 is 28.8 Å². The Bertz CT molecular complexity index is 724. The van der Waals surface area contributed by atoms with Crippen LogP contribution in [0.3, 0.4) is 0 Å². The summed E-state index contributed by atoms with van der Waals surface area (Å²) >= 11 is 4.44. The molecule has 0 aliphatic rings. The molecule has 0 aromatic carbocycles. The summed E-state index contributed by atoms with van der Waals surface area (Å²) in [6, 6.07) is 0.469. The van der Waals surface area contributed by atoms with E-state index in [9.17, 15) is 0 Å². The molecule has 0 atom stereocenters.